The molecule has 2 bridgehead atoms. The van der Waals surface area contributed by atoms with Gasteiger partial charge in [-0.3, -0.25) is 4.90 Å². The molecule has 1 atom stereocenters. The van der Waals surface area contributed by atoms with Gasteiger partial charge in [-0.2, -0.15) is 0 Å². The quantitative estimate of drug-likeness (QED) is 0.474. The minimum atomic E-state index is -0.528. The van der Waals surface area contributed by atoms with Gasteiger partial charge in [0.2, 0.25) is 0 Å². The van der Waals surface area contributed by atoms with Crippen LogP contribution in [0.15, 0.2) is 6.07 Å². The monoisotopic (exact) mass is 421 g/mol. The van der Waals surface area contributed by atoms with Gasteiger partial charge in [0.1, 0.15) is 10.8 Å². The molecule has 2 aliphatic heterocycles. The highest BCUT2D eigenvalue weighted by Crippen LogP contribution is 2.41. The van der Waals surface area contributed by atoms with Gasteiger partial charge < -0.3 is 9.64 Å². The largest absolute Gasteiger partial charge is 0.443 e. The van der Waals surface area contributed by atoms with Crippen LogP contribution in [0.4, 0.5) is 16.3 Å². The number of ether oxygens (including phenoxy) is 1. The number of carbonyl (C=O) groups excluding carboxylic acids is 1. The van der Waals surface area contributed by atoms with Gasteiger partial charge in [0.25, 0.3) is 0 Å². The number of fused-ring (bicyclic) bond motifs is 4. The van der Waals surface area contributed by atoms with Crippen molar-refractivity contribution in [2.24, 2.45) is 0 Å². The van der Waals surface area contributed by atoms with Crippen molar-refractivity contribution in [2.75, 3.05) is 22.9 Å². The molecule has 0 N–H and O–H groups in total. The zero-order chi connectivity index (χ0) is 15.4. The molecule has 0 aliphatic carbocycles. The van der Waals surface area contributed by atoms with Crippen LogP contribution in [0.5, 0.6) is 0 Å². The molecule has 7 heteroatoms. The summed E-state index contributed by atoms with van der Waals surface area (Å²) in [4.78, 5) is 20.9. The van der Waals surface area contributed by atoms with Crippen molar-refractivity contribution in [3.63, 3.8) is 0 Å². The van der Waals surface area contributed by atoms with Crippen molar-refractivity contribution in [3.8, 4) is 0 Å². The summed E-state index contributed by atoms with van der Waals surface area (Å²) in [6.45, 7) is 7.35. The number of hydrogen-bond acceptors (Lipinski definition) is 4. The van der Waals surface area contributed by atoms with Crippen molar-refractivity contribution in [2.45, 2.75) is 38.8 Å². The van der Waals surface area contributed by atoms with Crippen LogP contribution in [0.3, 0.4) is 0 Å². The fourth-order valence-electron chi connectivity index (χ4n) is 2.75. The molecule has 1 amide bonds. The Balaban J connectivity index is 2.03. The first-order valence-corrected chi connectivity index (χ1v) is 8.35. The van der Waals surface area contributed by atoms with E-state index in [1.54, 1.807) is 4.90 Å². The van der Waals surface area contributed by atoms with Crippen molar-refractivity contribution < 1.29 is 9.53 Å². The number of anilines is 2. The van der Waals surface area contributed by atoms with Crippen LogP contribution in [-0.4, -0.2) is 35.8 Å². The average molecular weight is 422 g/mol. The van der Waals surface area contributed by atoms with Crippen LogP contribution in [0.25, 0.3) is 0 Å². The average Bonchev–Trinajstić information content (AvgIpc) is 2.75. The molecule has 1 aromatic rings. The lowest BCUT2D eigenvalue weighted by molar-refractivity contribution is 0.0566. The van der Waals surface area contributed by atoms with Crippen LogP contribution in [-0.2, 0) is 4.74 Å². The van der Waals surface area contributed by atoms with E-state index in [1.807, 2.05) is 26.8 Å². The first-order valence-electron chi connectivity index (χ1n) is 6.89. The van der Waals surface area contributed by atoms with Crippen LogP contribution in [0, 0.1) is 3.57 Å². The van der Waals surface area contributed by atoms with Crippen molar-refractivity contribution in [1.82, 2.24) is 4.98 Å². The minimum absolute atomic E-state index is 0.107. The summed E-state index contributed by atoms with van der Waals surface area (Å²) in [5.41, 5.74) is 0.434. The van der Waals surface area contributed by atoms with Crippen LogP contribution < -0.4 is 9.80 Å². The Morgan fingerprint density at radius 2 is 2.24 bits per heavy atom. The van der Waals surface area contributed by atoms with Crippen LogP contribution in [0.1, 0.15) is 27.2 Å². The topological polar surface area (TPSA) is 45.7 Å². The highest BCUT2D eigenvalue weighted by molar-refractivity contribution is 14.1. The summed E-state index contributed by atoms with van der Waals surface area (Å²) in [6.07, 6.45) is 0.573. The fraction of sp³-hybridized carbons (Fsp3) is 0.571. The summed E-state index contributed by atoms with van der Waals surface area (Å²) in [6, 6.07) is 2.10. The van der Waals surface area contributed by atoms with E-state index in [1.165, 1.54) is 0 Å². The molecule has 21 heavy (non-hydrogen) atoms. The van der Waals surface area contributed by atoms with E-state index in [2.05, 4.69) is 32.5 Å². The molecule has 0 spiro atoms. The Labute approximate surface area is 142 Å². The number of carbonyl (C=O) groups is 1. The normalized spacial score (nSPS) is 20.5. The molecule has 1 aromatic heterocycles. The lowest BCUT2D eigenvalue weighted by Gasteiger charge is -2.36. The van der Waals surface area contributed by atoms with Crippen molar-refractivity contribution >= 4 is 51.8 Å². The zero-order valence-electron chi connectivity index (χ0n) is 12.2. The second-order valence-corrected chi connectivity index (χ2v) is 7.86. The van der Waals surface area contributed by atoms with E-state index in [0.29, 0.717) is 11.0 Å². The van der Waals surface area contributed by atoms with E-state index >= 15 is 0 Å². The zero-order valence-corrected chi connectivity index (χ0v) is 15.1. The van der Waals surface area contributed by atoms with Gasteiger partial charge in [0.15, 0.2) is 5.82 Å². The molecule has 5 nitrogen and oxygen atoms in total. The fourth-order valence-corrected chi connectivity index (χ4v) is 3.30. The highest BCUT2D eigenvalue weighted by atomic mass is 127. The molecule has 0 saturated carbocycles. The Morgan fingerprint density at radius 3 is 2.90 bits per heavy atom. The molecule has 0 aromatic carbocycles. The van der Waals surface area contributed by atoms with Gasteiger partial charge >= 0.3 is 6.09 Å². The molecule has 1 saturated heterocycles. The van der Waals surface area contributed by atoms with Gasteiger partial charge in [-0.05, 0) is 55.8 Å². The maximum absolute atomic E-state index is 12.6. The minimum Gasteiger partial charge on any atom is -0.443 e. The molecule has 3 heterocycles. The third-order valence-electron chi connectivity index (χ3n) is 3.58. The number of halogens is 2. The molecule has 0 radical (unpaired) electrons. The van der Waals surface area contributed by atoms with Gasteiger partial charge in [0, 0.05) is 13.1 Å². The Bertz CT molecular complexity index is 603. The van der Waals surface area contributed by atoms with Gasteiger partial charge in [0.05, 0.1) is 15.3 Å². The van der Waals surface area contributed by atoms with Crippen molar-refractivity contribution in [3.05, 3.63) is 14.8 Å². The van der Waals surface area contributed by atoms with E-state index in [4.69, 9.17) is 16.3 Å². The summed E-state index contributed by atoms with van der Waals surface area (Å²) in [5.74, 6) is 0.614. The summed E-state index contributed by atoms with van der Waals surface area (Å²) in [7, 11) is 0. The summed E-state index contributed by atoms with van der Waals surface area (Å²) in [5, 5.41) is 0.422. The van der Waals surface area contributed by atoms with E-state index < -0.39 is 5.60 Å². The van der Waals surface area contributed by atoms with Crippen LogP contribution >= 0.6 is 34.2 Å². The molecular weight excluding hydrogens is 405 g/mol. The molecule has 1 unspecified atom stereocenters. The van der Waals surface area contributed by atoms with E-state index in [0.717, 1.165) is 28.8 Å². The molecule has 2 aliphatic rings. The van der Waals surface area contributed by atoms with Crippen molar-refractivity contribution in [1.29, 1.82) is 0 Å². The van der Waals surface area contributed by atoms with Gasteiger partial charge in [-0.1, -0.05) is 11.6 Å². The third kappa shape index (κ3) is 2.79. The summed E-state index contributed by atoms with van der Waals surface area (Å²) < 4.78 is 6.43. The Morgan fingerprint density at radius 1 is 1.52 bits per heavy atom. The lowest BCUT2D eigenvalue weighted by Crippen LogP contribution is -2.48. The second-order valence-electron chi connectivity index (χ2n) is 6.34. The summed E-state index contributed by atoms with van der Waals surface area (Å²) >= 11 is 8.31. The predicted octanol–water partition coefficient (Wildman–Crippen LogP) is 3.67. The number of nitrogens with zero attached hydrogens (tertiary/aromatic N) is 3. The standard InChI is InChI=1S/C14H17ClIN3O2/c1-14(2,3)21-13(20)19-8-4-5-18(7-8)10-6-9(16)11(15)17-12(10)19/h6,8H,4-5,7H2,1-3H3. The van der Waals surface area contributed by atoms with Gasteiger partial charge in [-0.15, -0.1) is 0 Å². The van der Waals surface area contributed by atoms with E-state index in [9.17, 15) is 4.79 Å². The Hall–Kier alpha value is -0.760. The SMILES string of the molecule is CC(C)(C)OC(=O)N1c2nc(Cl)c(I)cc2N2CCC1C2. The number of aromatic nitrogens is 1. The molecule has 3 rings (SSSR count). The number of pyridine rings is 1. The number of rotatable bonds is 0. The lowest BCUT2D eigenvalue weighted by atomic mass is 10.2. The number of amides is 1. The first-order chi connectivity index (χ1) is 9.76. The molecular formula is C14H17ClIN3O2. The highest BCUT2D eigenvalue weighted by Gasteiger charge is 2.42. The predicted molar refractivity (Wildman–Crippen MR) is 91.3 cm³/mol. The second kappa shape index (κ2) is 5.15. The smallest absolute Gasteiger partial charge is 0.416 e. The third-order valence-corrected chi connectivity index (χ3v) is 5.01. The molecule has 1 fully saturated rings. The van der Waals surface area contributed by atoms with E-state index in [-0.39, 0.29) is 12.1 Å². The van der Waals surface area contributed by atoms with Gasteiger partial charge in [-0.25, -0.2) is 9.78 Å². The Kier molecular flexibility index (Phi) is 3.72. The molecule has 114 valence electrons. The first kappa shape index (κ1) is 15.1. The van der Waals surface area contributed by atoms with Crippen LogP contribution in [0.2, 0.25) is 5.15 Å². The maximum atomic E-state index is 12.6. The maximum Gasteiger partial charge on any atom is 0.416 e. The number of hydrogen-bond donors (Lipinski definition) is 0.